The van der Waals surface area contributed by atoms with Gasteiger partial charge in [-0.3, -0.25) is 0 Å². The first kappa shape index (κ1) is 12.0. The molecule has 0 aromatic heterocycles. The number of anilines is 1. The van der Waals surface area contributed by atoms with Crippen LogP contribution in [0.3, 0.4) is 0 Å². The Labute approximate surface area is 120 Å². The van der Waals surface area contributed by atoms with E-state index in [2.05, 4.69) is 58.7 Å². The van der Waals surface area contributed by atoms with Crippen molar-refractivity contribution < 1.29 is 0 Å². The SMILES string of the molecule is c1ccc2c(c1)CNCC2N1CCCc2ccccc21. The third kappa shape index (κ3) is 1.92. The molecule has 2 heterocycles. The first-order valence-electron chi connectivity index (χ1n) is 7.56. The first-order chi connectivity index (χ1) is 9.93. The molecule has 2 nitrogen and oxygen atoms in total. The van der Waals surface area contributed by atoms with Crippen LogP contribution in [0.4, 0.5) is 5.69 Å². The summed E-state index contributed by atoms with van der Waals surface area (Å²) in [7, 11) is 0. The van der Waals surface area contributed by atoms with Crippen LogP contribution in [-0.4, -0.2) is 13.1 Å². The highest BCUT2D eigenvalue weighted by Crippen LogP contribution is 2.36. The summed E-state index contributed by atoms with van der Waals surface area (Å²) in [4.78, 5) is 2.60. The van der Waals surface area contributed by atoms with E-state index in [9.17, 15) is 0 Å². The molecule has 0 radical (unpaired) electrons. The molecule has 2 heteroatoms. The summed E-state index contributed by atoms with van der Waals surface area (Å²) in [5, 5.41) is 3.58. The number of rotatable bonds is 1. The second-order valence-corrected chi connectivity index (χ2v) is 5.77. The highest BCUT2D eigenvalue weighted by molar-refractivity contribution is 5.58. The van der Waals surface area contributed by atoms with Gasteiger partial charge in [0.25, 0.3) is 0 Å². The molecule has 0 aliphatic carbocycles. The molecule has 1 unspecified atom stereocenters. The van der Waals surface area contributed by atoms with Gasteiger partial charge >= 0.3 is 0 Å². The molecule has 2 aromatic carbocycles. The van der Waals surface area contributed by atoms with Crippen LogP contribution in [0.15, 0.2) is 48.5 Å². The summed E-state index contributed by atoms with van der Waals surface area (Å²) >= 11 is 0. The molecule has 1 N–H and O–H groups in total. The molecule has 0 spiro atoms. The quantitative estimate of drug-likeness (QED) is 0.850. The van der Waals surface area contributed by atoms with E-state index in [0.29, 0.717) is 6.04 Å². The zero-order chi connectivity index (χ0) is 13.4. The molecule has 2 aliphatic rings. The van der Waals surface area contributed by atoms with Gasteiger partial charge in [-0.25, -0.2) is 0 Å². The maximum atomic E-state index is 3.58. The third-order valence-corrected chi connectivity index (χ3v) is 4.59. The Bertz CT molecular complexity index is 565. The molecule has 20 heavy (non-hydrogen) atoms. The van der Waals surface area contributed by atoms with Crippen LogP contribution >= 0.6 is 0 Å². The average molecular weight is 264 g/mol. The topological polar surface area (TPSA) is 15.3 Å². The van der Waals surface area contributed by atoms with Crippen LogP contribution in [0.1, 0.15) is 29.2 Å². The molecule has 2 aromatic rings. The van der Waals surface area contributed by atoms with Crippen molar-refractivity contribution in [1.29, 1.82) is 0 Å². The Kier molecular flexibility index (Phi) is 2.96. The number of aryl methyl sites for hydroxylation is 1. The van der Waals surface area contributed by atoms with Gasteiger partial charge in [0, 0.05) is 25.3 Å². The van der Waals surface area contributed by atoms with E-state index in [4.69, 9.17) is 0 Å². The summed E-state index contributed by atoms with van der Waals surface area (Å²) in [6.07, 6.45) is 2.48. The van der Waals surface area contributed by atoms with E-state index in [1.165, 1.54) is 35.2 Å². The largest absolute Gasteiger partial charge is 0.363 e. The van der Waals surface area contributed by atoms with Crippen molar-refractivity contribution in [2.45, 2.75) is 25.4 Å². The van der Waals surface area contributed by atoms with E-state index < -0.39 is 0 Å². The van der Waals surface area contributed by atoms with Crippen LogP contribution in [0.2, 0.25) is 0 Å². The first-order valence-corrected chi connectivity index (χ1v) is 7.56. The molecule has 0 amide bonds. The molecule has 2 aliphatic heterocycles. The Morgan fingerprint density at radius 2 is 1.75 bits per heavy atom. The van der Waals surface area contributed by atoms with Crippen molar-refractivity contribution >= 4 is 5.69 Å². The Hall–Kier alpha value is -1.80. The predicted molar refractivity (Wildman–Crippen MR) is 83.0 cm³/mol. The van der Waals surface area contributed by atoms with Crippen LogP contribution in [0, 0.1) is 0 Å². The maximum Gasteiger partial charge on any atom is 0.0670 e. The highest BCUT2D eigenvalue weighted by Gasteiger charge is 2.28. The van der Waals surface area contributed by atoms with Gasteiger partial charge in [-0.15, -0.1) is 0 Å². The lowest BCUT2D eigenvalue weighted by atomic mass is 9.92. The van der Waals surface area contributed by atoms with Gasteiger partial charge in [0.15, 0.2) is 0 Å². The predicted octanol–water partition coefficient (Wildman–Crippen LogP) is 3.28. The van der Waals surface area contributed by atoms with Gasteiger partial charge in [-0.1, -0.05) is 42.5 Å². The molecule has 0 saturated carbocycles. The third-order valence-electron chi connectivity index (χ3n) is 4.59. The van der Waals surface area contributed by atoms with E-state index in [-0.39, 0.29) is 0 Å². The maximum absolute atomic E-state index is 3.58. The molecular formula is C18H20N2. The summed E-state index contributed by atoms with van der Waals surface area (Å²) in [6.45, 7) is 3.21. The molecular weight excluding hydrogens is 244 g/mol. The lowest BCUT2D eigenvalue weighted by Crippen LogP contribution is -2.42. The zero-order valence-corrected chi connectivity index (χ0v) is 11.7. The Balaban J connectivity index is 1.77. The minimum atomic E-state index is 0.474. The Morgan fingerprint density at radius 1 is 0.950 bits per heavy atom. The van der Waals surface area contributed by atoms with Crippen molar-refractivity contribution in [2.75, 3.05) is 18.0 Å². The second kappa shape index (κ2) is 4.95. The van der Waals surface area contributed by atoms with Gasteiger partial charge in [-0.2, -0.15) is 0 Å². The van der Waals surface area contributed by atoms with Crippen molar-refractivity contribution in [2.24, 2.45) is 0 Å². The fraction of sp³-hybridized carbons (Fsp3) is 0.333. The zero-order valence-electron chi connectivity index (χ0n) is 11.7. The van der Waals surface area contributed by atoms with Crippen molar-refractivity contribution in [3.8, 4) is 0 Å². The van der Waals surface area contributed by atoms with Gasteiger partial charge in [0.1, 0.15) is 0 Å². The number of nitrogens with zero attached hydrogens (tertiary/aromatic N) is 1. The monoisotopic (exact) mass is 264 g/mol. The lowest BCUT2D eigenvalue weighted by Gasteiger charge is -2.41. The lowest BCUT2D eigenvalue weighted by molar-refractivity contribution is 0.500. The fourth-order valence-corrected chi connectivity index (χ4v) is 3.64. The summed E-state index contributed by atoms with van der Waals surface area (Å²) in [5.41, 5.74) is 5.89. The number of benzene rings is 2. The number of hydrogen-bond donors (Lipinski definition) is 1. The highest BCUT2D eigenvalue weighted by atomic mass is 15.2. The van der Waals surface area contributed by atoms with Gasteiger partial charge in [-0.05, 0) is 35.6 Å². The molecule has 102 valence electrons. The summed E-state index contributed by atoms with van der Waals surface area (Å²) in [6, 6.07) is 18.2. The van der Waals surface area contributed by atoms with Crippen molar-refractivity contribution in [3.05, 3.63) is 65.2 Å². The number of hydrogen-bond acceptors (Lipinski definition) is 2. The number of para-hydroxylation sites is 1. The van der Waals surface area contributed by atoms with E-state index >= 15 is 0 Å². The van der Waals surface area contributed by atoms with Crippen LogP contribution in [0.5, 0.6) is 0 Å². The van der Waals surface area contributed by atoms with Crippen LogP contribution in [0.25, 0.3) is 0 Å². The molecule has 0 bridgehead atoms. The average Bonchev–Trinajstić information content (AvgIpc) is 2.54. The molecule has 4 rings (SSSR count). The van der Waals surface area contributed by atoms with Gasteiger partial charge in [0.05, 0.1) is 6.04 Å². The van der Waals surface area contributed by atoms with Crippen LogP contribution < -0.4 is 10.2 Å². The minimum absolute atomic E-state index is 0.474. The number of nitrogens with one attached hydrogen (secondary N) is 1. The van der Waals surface area contributed by atoms with Gasteiger partial charge < -0.3 is 10.2 Å². The second-order valence-electron chi connectivity index (χ2n) is 5.77. The van der Waals surface area contributed by atoms with E-state index in [0.717, 1.165) is 19.6 Å². The molecule has 0 fully saturated rings. The van der Waals surface area contributed by atoms with E-state index in [1.807, 2.05) is 0 Å². The standard InChI is InChI=1S/C18H20N2/c1-3-9-16-15(7-1)12-19-13-18(16)20-11-5-8-14-6-2-4-10-17(14)20/h1-4,6-7,9-10,18-19H,5,8,11-13H2. The minimum Gasteiger partial charge on any atom is -0.363 e. The van der Waals surface area contributed by atoms with Gasteiger partial charge in [0.2, 0.25) is 0 Å². The van der Waals surface area contributed by atoms with Crippen molar-refractivity contribution in [1.82, 2.24) is 5.32 Å². The van der Waals surface area contributed by atoms with E-state index in [1.54, 1.807) is 0 Å². The molecule has 0 saturated heterocycles. The normalized spacial score (nSPS) is 21.2. The number of fused-ring (bicyclic) bond motifs is 2. The van der Waals surface area contributed by atoms with Crippen molar-refractivity contribution in [3.63, 3.8) is 0 Å². The summed E-state index contributed by atoms with van der Waals surface area (Å²) < 4.78 is 0. The van der Waals surface area contributed by atoms with Crippen LogP contribution in [-0.2, 0) is 13.0 Å². The molecule has 1 atom stereocenters. The summed E-state index contributed by atoms with van der Waals surface area (Å²) in [5.74, 6) is 0. The smallest absolute Gasteiger partial charge is 0.0670 e. The fourth-order valence-electron chi connectivity index (χ4n) is 3.64. The Morgan fingerprint density at radius 3 is 2.70 bits per heavy atom.